The van der Waals surface area contributed by atoms with Crippen molar-refractivity contribution in [2.45, 2.75) is 39.8 Å². The van der Waals surface area contributed by atoms with Crippen LogP contribution < -0.4 is 10.6 Å². The molecule has 2 aromatic heterocycles. The van der Waals surface area contributed by atoms with Crippen LogP contribution in [0.25, 0.3) is 0 Å². The van der Waals surface area contributed by atoms with E-state index in [4.69, 9.17) is 4.42 Å². The molecule has 3 rings (SSSR count). The summed E-state index contributed by atoms with van der Waals surface area (Å²) in [6, 6.07) is 4.36. The van der Waals surface area contributed by atoms with Gasteiger partial charge in [-0.25, -0.2) is 4.98 Å². The van der Waals surface area contributed by atoms with Gasteiger partial charge in [-0.3, -0.25) is 9.89 Å². The number of hydrogen-bond acceptors (Lipinski definition) is 5. The fourth-order valence-electron chi connectivity index (χ4n) is 3.21. The van der Waals surface area contributed by atoms with Gasteiger partial charge in [-0.2, -0.15) is 0 Å². The number of thiophene rings is 1. The summed E-state index contributed by atoms with van der Waals surface area (Å²) in [5.74, 6) is 3.07. The first kappa shape index (κ1) is 18.9. The lowest BCUT2D eigenvalue weighted by Crippen LogP contribution is -2.42. The molecule has 1 aliphatic heterocycles. The van der Waals surface area contributed by atoms with Crippen LogP contribution in [0.2, 0.25) is 0 Å². The van der Waals surface area contributed by atoms with Crippen LogP contribution in [0.1, 0.15) is 35.1 Å². The molecule has 0 aliphatic carbocycles. The lowest BCUT2D eigenvalue weighted by molar-refractivity contribution is 0.179. The summed E-state index contributed by atoms with van der Waals surface area (Å²) < 4.78 is 5.60. The molecule has 0 saturated carbocycles. The summed E-state index contributed by atoms with van der Waals surface area (Å²) in [7, 11) is 1.80. The number of aliphatic imine (C=N–C) groups is 1. The van der Waals surface area contributed by atoms with Gasteiger partial charge in [-0.1, -0.05) is 6.07 Å². The second-order valence-electron chi connectivity index (χ2n) is 6.85. The maximum absolute atomic E-state index is 5.60. The van der Waals surface area contributed by atoms with E-state index in [0.29, 0.717) is 18.4 Å². The topological polar surface area (TPSA) is 65.7 Å². The second-order valence-corrected chi connectivity index (χ2v) is 7.89. The molecule has 0 radical (unpaired) electrons. The number of piperidine rings is 1. The minimum atomic E-state index is 0.549. The Morgan fingerprint density at radius 2 is 2.15 bits per heavy atom. The van der Waals surface area contributed by atoms with Gasteiger partial charge in [0.2, 0.25) is 5.89 Å². The van der Waals surface area contributed by atoms with Crippen molar-refractivity contribution in [3.63, 3.8) is 0 Å². The average molecular weight is 376 g/mol. The summed E-state index contributed by atoms with van der Waals surface area (Å²) in [6.07, 6.45) is 2.46. The first-order valence-corrected chi connectivity index (χ1v) is 10.1. The molecule has 1 saturated heterocycles. The Bertz CT molecular complexity index is 682. The molecule has 7 heteroatoms. The van der Waals surface area contributed by atoms with Crippen molar-refractivity contribution in [2.24, 2.45) is 10.9 Å². The zero-order valence-electron chi connectivity index (χ0n) is 15.9. The molecule has 3 heterocycles. The molecule has 142 valence electrons. The fourth-order valence-corrected chi connectivity index (χ4v) is 3.95. The first-order valence-electron chi connectivity index (χ1n) is 9.26. The lowest BCUT2D eigenvalue weighted by atomic mass is 9.97. The number of likely N-dealkylation sites (tertiary alicyclic amines) is 1. The predicted molar refractivity (Wildman–Crippen MR) is 106 cm³/mol. The maximum atomic E-state index is 5.60. The summed E-state index contributed by atoms with van der Waals surface area (Å²) in [5.41, 5.74) is 0.944. The summed E-state index contributed by atoms with van der Waals surface area (Å²) in [6.45, 7) is 8.83. The van der Waals surface area contributed by atoms with E-state index in [-0.39, 0.29) is 0 Å². The molecule has 0 atom stereocenters. The Labute approximate surface area is 159 Å². The average Bonchev–Trinajstić information content (AvgIpc) is 3.26. The third-order valence-corrected chi connectivity index (χ3v) is 5.79. The summed E-state index contributed by atoms with van der Waals surface area (Å²) >= 11 is 1.85. The van der Waals surface area contributed by atoms with E-state index < -0.39 is 0 Å². The number of nitrogens with zero attached hydrogens (tertiary/aromatic N) is 3. The van der Waals surface area contributed by atoms with Crippen molar-refractivity contribution >= 4 is 17.3 Å². The molecule has 0 bridgehead atoms. The number of oxazole rings is 1. The molecule has 0 aromatic carbocycles. The lowest BCUT2D eigenvalue weighted by Gasteiger charge is -2.32. The van der Waals surface area contributed by atoms with E-state index in [2.05, 4.69) is 43.0 Å². The van der Waals surface area contributed by atoms with Crippen LogP contribution in [-0.2, 0) is 13.1 Å². The van der Waals surface area contributed by atoms with Crippen molar-refractivity contribution < 1.29 is 4.42 Å². The Balaban J connectivity index is 1.36. The van der Waals surface area contributed by atoms with Crippen LogP contribution in [0.15, 0.2) is 26.9 Å². The normalized spacial score (nSPS) is 16.8. The predicted octanol–water partition coefficient (Wildman–Crippen LogP) is 2.93. The summed E-state index contributed by atoms with van der Waals surface area (Å²) in [4.78, 5) is 12.7. The van der Waals surface area contributed by atoms with Gasteiger partial charge in [0.15, 0.2) is 5.96 Å². The van der Waals surface area contributed by atoms with Gasteiger partial charge in [0.1, 0.15) is 5.76 Å². The van der Waals surface area contributed by atoms with Crippen LogP contribution >= 0.6 is 11.3 Å². The molecule has 0 amide bonds. The number of aryl methyl sites for hydroxylation is 2. The molecule has 0 spiro atoms. The first-order chi connectivity index (χ1) is 12.6. The standard InChI is InChI=1S/C19H29N5OS/c1-14-15(2)25-18(23-14)12-22-19(20-3)21-11-16-6-8-24(9-7-16)13-17-5-4-10-26-17/h4-5,10,16H,6-9,11-13H2,1-3H3,(H2,20,21,22). The molecule has 6 nitrogen and oxygen atoms in total. The van der Waals surface area contributed by atoms with E-state index in [1.807, 2.05) is 25.2 Å². The number of guanidine groups is 1. The van der Waals surface area contributed by atoms with Gasteiger partial charge in [0.25, 0.3) is 0 Å². The highest BCUT2D eigenvalue weighted by Crippen LogP contribution is 2.20. The van der Waals surface area contributed by atoms with Crippen LogP contribution in [0, 0.1) is 19.8 Å². The minimum absolute atomic E-state index is 0.549. The molecular formula is C19H29N5OS. The second kappa shape index (κ2) is 9.19. The van der Waals surface area contributed by atoms with Gasteiger partial charge < -0.3 is 15.1 Å². The highest BCUT2D eigenvalue weighted by molar-refractivity contribution is 7.09. The van der Waals surface area contributed by atoms with Crippen LogP contribution in [-0.4, -0.2) is 42.5 Å². The minimum Gasteiger partial charge on any atom is -0.444 e. The molecule has 1 fully saturated rings. The number of rotatable bonds is 6. The van der Waals surface area contributed by atoms with Crippen LogP contribution in [0.3, 0.4) is 0 Å². The van der Waals surface area contributed by atoms with Crippen LogP contribution in [0.5, 0.6) is 0 Å². The van der Waals surface area contributed by atoms with Gasteiger partial charge in [0.05, 0.1) is 12.2 Å². The Morgan fingerprint density at radius 3 is 2.77 bits per heavy atom. The van der Waals surface area contributed by atoms with E-state index in [1.165, 1.54) is 30.8 Å². The number of hydrogen-bond donors (Lipinski definition) is 2. The van der Waals surface area contributed by atoms with Gasteiger partial charge >= 0.3 is 0 Å². The van der Waals surface area contributed by atoms with Crippen molar-refractivity contribution in [2.75, 3.05) is 26.7 Å². The SMILES string of the molecule is CN=C(NCc1nc(C)c(C)o1)NCC1CCN(Cc2cccs2)CC1. The zero-order chi connectivity index (χ0) is 18.4. The van der Waals surface area contributed by atoms with Crippen molar-refractivity contribution in [1.82, 2.24) is 20.5 Å². The molecule has 1 aliphatic rings. The molecular weight excluding hydrogens is 346 g/mol. The maximum Gasteiger partial charge on any atom is 0.214 e. The Morgan fingerprint density at radius 1 is 1.35 bits per heavy atom. The van der Waals surface area contributed by atoms with Gasteiger partial charge in [-0.15, -0.1) is 11.3 Å². The quantitative estimate of drug-likeness (QED) is 0.600. The molecule has 2 N–H and O–H groups in total. The number of nitrogens with one attached hydrogen (secondary N) is 2. The highest BCUT2D eigenvalue weighted by atomic mass is 32.1. The molecule has 0 unspecified atom stereocenters. The van der Waals surface area contributed by atoms with Crippen molar-refractivity contribution in [1.29, 1.82) is 0 Å². The van der Waals surface area contributed by atoms with Crippen molar-refractivity contribution in [3.8, 4) is 0 Å². The Hall–Kier alpha value is -1.86. The smallest absolute Gasteiger partial charge is 0.214 e. The highest BCUT2D eigenvalue weighted by Gasteiger charge is 2.19. The fraction of sp³-hybridized carbons (Fsp3) is 0.579. The zero-order valence-corrected chi connectivity index (χ0v) is 16.7. The molecule has 2 aromatic rings. The number of aromatic nitrogens is 1. The van der Waals surface area contributed by atoms with Gasteiger partial charge in [0, 0.05) is 25.0 Å². The van der Waals surface area contributed by atoms with E-state index in [1.54, 1.807) is 7.05 Å². The van der Waals surface area contributed by atoms with Crippen LogP contribution in [0.4, 0.5) is 0 Å². The third-order valence-electron chi connectivity index (χ3n) is 4.93. The van der Waals surface area contributed by atoms with E-state index in [0.717, 1.165) is 30.5 Å². The van der Waals surface area contributed by atoms with Crippen molar-refractivity contribution in [3.05, 3.63) is 39.7 Å². The van der Waals surface area contributed by atoms with E-state index >= 15 is 0 Å². The Kier molecular flexibility index (Phi) is 6.68. The monoisotopic (exact) mass is 375 g/mol. The third kappa shape index (κ3) is 5.32. The summed E-state index contributed by atoms with van der Waals surface area (Å²) in [5, 5.41) is 8.88. The largest absolute Gasteiger partial charge is 0.444 e. The molecule has 26 heavy (non-hydrogen) atoms. The van der Waals surface area contributed by atoms with Gasteiger partial charge in [-0.05, 0) is 57.1 Å². The van der Waals surface area contributed by atoms with E-state index in [9.17, 15) is 0 Å².